The third-order valence-electron chi connectivity index (χ3n) is 3.22. The van der Waals surface area contributed by atoms with Crippen LogP contribution in [-0.4, -0.2) is 12.4 Å². The average molecular weight is 250 g/mol. The molecule has 2 aromatic carbocycles. The van der Waals surface area contributed by atoms with Crippen molar-refractivity contribution in [2.45, 2.75) is 6.10 Å². The molecule has 0 bridgehead atoms. The Balaban J connectivity index is 1.83. The Morgan fingerprint density at radius 2 is 1.63 bits per heavy atom. The molecule has 2 aromatic rings. The molecule has 1 atom stereocenters. The summed E-state index contributed by atoms with van der Waals surface area (Å²) in [6.07, 6.45) is 4.07. The van der Waals surface area contributed by atoms with E-state index in [-0.39, 0.29) is 11.9 Å². The van der Waals surface area contributed by atoms with Crippen LogP contribution in [0.1, 0.15) is 27.6 Å². The molecule has 0 spiro atoms. The first kappa shape index (κ1) is 11.9. The van der Waals surface area contributed by atoms with Gasteiger partial charge < -0.3 is 4.74 Å². The van der Waals surface area contributed by atoms with Crippen molar-refractivity contribution in [1.82, 2.24) is 0 Å². The highest BCUT2D eigenvalue weighted by Gasteiger charge is 2.13. The van der Waals surface area contributed by atoms with E-state index in [1.54, 1.807) is 0 Å². The topological polar surface area (TPSA) is 26.3 Å². The van der Waals surface area contributed by atoms with Gasteiger partial charge >= 0.3 is 0 Å². The molecule has 94 valence electrons. The lowest BCUT2D eigenvalue weighted by Crippen LogP contribution is -2.02. The molecule has 3 rings (SSSR count). The van der Waals surface area contributed by atoms with E-state index < -0.39 is 0 Å². The quantitative estimate of drug-likeness (QED) is 0.615. The molecule has 19 heavy (non-hydrogen) atoms. The molecule has 0 amide bonds. The van der Waals surface area contributed by atoms with Gasteiger partial charge in [0.25, 0.3) is 0 Å². The molecule has 0 saturated heterocycles. The highest BCUT2D eigenvalue weighted by atomic mass is 16.5. The van der Waals surface area contributed by atoms with E-state index in [0.717, 1.165) is 5.56 Å². The summed E-state index contributed by atoms with van der Waals surface area (Å²) in [7, 11) is 0. The van der Waals surface area contributed by atoms with Crippen molar-refractivity contribution in [1.29, 1.82) is 0 Å². The lowest BCUT2D eigenvalue weighted by atomic mass is 10.0. The van der Waals surface area contributed by atoms with Gasteiger partial charge in [-0.15, -0.1) is 0 Å². The summed E-state index contributed by atoms with van der Waals surface area (Å²) in [5.74, 6) is 0.0510. The number of ether oxygens (including phenoxy) is 1. The monoisotopic (exact) mass is 250 g/mol. The molecule has 0 unspecified atom stereocenters. The van der Waals surface area contributed by atoms with Crippen LogP contribution in [0.3, 0.4) is 0 Å². The van der Waals surface area contributed by atoms with Crippen molar-refractivity contribution < 1.29 is 9.53 Å². The molecule has 0 aromatic heterocycles. The summed E-state index contributed by atoms with van der Waals surface area (Å²) in [6.45, 7) is 0.662. The third kappa shape index (κ3) is 2.49. The van der Waals surface area contributed by atoms with Crippen LogP contribution in [0.25, 0.3) is 0 Å². The molecule has 0 N–H and O–H groups in total. The Hall–Kier alpha value is -2.19. The second kappa shape index (κ2) is 5.21. The normalized spacial score (nSPS) is 17.6. The van der Waals surface area contributed by atoms with Gasteiger partial charge in [0, 0.05) is 11.1 Å². The smallest absolute Gasteiger partial charge is 0.193 e. The summed E-state index contributed by atoms with van der Waals surface area (Å²) in [6, 6.07) is 17.0. The van der Waals surface area contributed by atoms with Gasteiger partial charge in [-0.05, 0) is 5.56 Å². The fourth-order valence-corrected chi connectivity index (χ4v) is 2.18. The third-order valence-corrected chi connectivity index (χ3v) is 3.22. The molecular formula is C17H14O2. The maximum absolute atomic E-state index is 12.2. The lowest BCUT2D eigenvalue weighted by Gasteiger charge is -2.09. The molecule has 1 aliphatic rings. The van der Waals surface area contributed by atoms with E-state index in [1.165, 1.54) is 0 Å². The fourth-order valence-electron chi connectivity index (χ4n) is 2.18. The summed E-state index contributed by atoms with van der Waals surface area (Å²) in [5.41, 5.74) is 2.50. The summed E-state index contributed by atoms with van der Waals surface area (Å²) in [4.78, 5) is 12.2. The lowest BCUT2D eigenvalue weighted by molar-refractivity contribution is 0.103. The van der Waals surface area contributed by atoms with Crippen LogP contribution in [0, 0.1) is 0 Å². The molecule has 0 radical (unpaired) electrons. The van der Waals surface area contributed by atoms with E-state index in [0.29, 0.717) is 17.7 Å². The second-order valence-electron chi connectivity index (χ2n) is 4.50. The van der Waals surface area contributed by atoms with E-state index in [9.17, 15) is 4.79 Å². The second-order valence-corrected chi connectivity index (χ2v) is 4.50. The average Bonchev–Trinajstić information content (AvgIpc) is 3.02. The van der Waals surface area contributed by atoms with Gasteiger partial charge in [0.05, 0.1) is 6.61 Å². The van der Waals surface area contributed by atoms with Crippen molar-refractivity contribution in [2.24, 2.45) is 0 Å². The first-order chi connectivity index (χ1) is 9.34. The summed E-state index contributed by atoms with van der Waals surface area (Å²) < 4.78 is 5.53. The molecule has 0 aliphatic carbocycles. The van der Waals surface area contributed by atoms with Crippen molar-refractivity contribution in [3.8, 4) is 0 Å². The minimum atomic E-state index is 0.0286. The SMILES string of the molecule is O=C(c1ccccc1)c1ccc([C@@H]2C=CCO2)cc1. The van der Waals surface area contributed by atoms with E-state index in [1.807, 2.05) is 66.7 Å². The van der Waals surface area contributed by atoms with Crippen molar-refractivity contribution in [3.05, 3.63) is 83.4 Å². The minimum absolute atomic E-state index is 0.0286. The van der Waals surface area contributed by atoms with Gasteiger partial charge in [-0.1, -0.05) is 66.7 Å². The molecule has 2 heteroatoms. The summed E-state index contributed by atoms with van der Waals surface area (Å²) >= 11 is 0. The minimum Gasteiger partial charge on any atom is -0.365 e. The first-order valence-corrected chi connectivity index (χ1v) is 6.32. The number of benzene rings is 2. The zero-order valence-corrected chi connectivity index (χ0v) is 10.5. The van der Waals surface area contributed by atoms with Gasteiger partial charge in [0.2, 0.25) is 0 Å². The Bertz CT molecular complexity index is 597. The van der Waals surface area contributed by atoms with Crippen LogP contribution < -0.4 is 0 Å². The van der Waals surface area contributed by atoms with Crippen LogP contribution in [0.4, 0.5) is 0 Å². The maximum atomic E-state index is 12.2. The highest BCUT2D eigenvalue weighted by molar-refractivity contribution is 6.08. The molecule has 1 heterocycles. The van der Waals surface area contributed by atoms with Crippen molar-refractivity contribution in [3.63, 3.8) is 0 Å². The number of ketones is 1. The Labute approximate surface area is 112 Å². The number of carbonyl (C=O) groups excluding carboxylic acids is 1. The van der Waals surface area contributed by atoms with E-state index >= 15 is 0 Å². The number of rotatable bonds is 3. The molecule has 2 nitrogen and oxygen atoms in total. The van der Waals surface area contributed by atoms with Gasteiger partial charge in [-0.3, -0.25) is 4.79 Å². The highest BCUT2D eigenvalue weighted by Crippen LogP contribution is 2.23. The van der Waals surface area contributed by atoms with Crippen LogP contribution in [0.2, 0.25) is 0 Å². The first-order valence-electron chi connectivity index (χ1n) is 6.32. The fraction of sp³-hybridized carbons (Fsp3) is 0.118. The zero-order chi connectivity index (χ0) is 13.1. The van der Waals surface area contributed by atoms with Crippen molar-refractivity contribution in [2.75, 3.05) is 6.61 Å². The maximum Gasteiger partial charge on any atom is 0.193 e. The van der Waals surface area contributed by atoms with Gasteiger partial charge in [0.15, 0.2) is 5.78 Å². The number of carbonyl (C=O) groups is 1. The zero-order valence-electron chi connectivity index (χ0n) is 10.5. The number of hydrogen-bond acceptors (Lipinski definition) is 2. The number of hydrogen-bond donors (Lipinski definition) is 0. The van der Waals surface area contributed by atoms with E-state index in [2.05, 4.69) is 0 Å². The Kier molecular flexibility index (Phi) is 3.25. The van der Waals surface area contributed by atoms with Gasteiger partial charge in [-0.25, -0.2) is 0 Å². The van der Waals surface area contributed by atoms with Crippen LogP contribution in [0.15, 0.2) is 66.7 Å². The Morgan fingerprint density at radius 3 is 2.26 bits per heavy atom. The van der Waals surface area contributed by atoms with Crippen LogP contribution >= 0.6 is 0 Å². The summed E-state index contributed by atoms with van der Waals surface area (Å²) in [5, 5.41) is 0. The van der Waals surface area contributed by atoms with Crippen molar-refractivity contribution >= 4 is 5.78 Å². The van der Waals surface area contributed by atoms with E-state index in [4.69, 9.17) is 4.74 Å². The van der Waals surface area contributed by atoms with Gasteiger partial charge in [0.1, 0.15) is 6.10 Å². The van der Waals surface area contributed by atoms with Crippen LogP contribution in [0.5, 0.6) is 0 Å². The van der Waals surface area contributed by atoms with Gasteiger partial charge in [-0.2, -0.15) is 0 Å². The predicted molar refractivity (Wildman–Crippen MR) is 74.1 cm³/mol. The predicted octanol–water partition coefficient (Wildman–Crippen LogP) is 3.55. The molecule has 1 aliphatic heterocycles. The molecular weight excluding hydrogens is 236 g/mol. The standard InChI is InChI=1S/C17H14O2/c18-17(14-5-2-1-3-6-14)15-10-8-13(9-11-15)16-7-4-12-19-16/h1-11,16H,12H2/t16-/m0/s1. The molecule has 0 saturated carbocycles. The van der Waals surface area contributed by atoms with Crippen LogP contribution in [-0.2, 0) is 4.74 Å². The Morgan fingerprint density at radius 1 is 0.947 bits per heavy atom. The largest absolute Gasteiger partial charge is 0.365 e. The molecule has 0 fully saturated rings.